The molecule has 0 aliphatic rings. The van der Waals surface area contributed by atoms with Gasteiger partial charge in [-0.2, -0.15) is 0 Å². The number of hydrogen-bond acceptors (Lipinski definition) is 2. The molecule has 0 aliphatic carbocycles. The summed E-state index contributed by atoms with van der Waals surface area (Å²) in [4.78, 5) is 13.2. The molecule has 1 rings (SSSR count). The molecule has 16 heavy (non-hydrogen) atoms. The minimum Gasteiger partial charge on any atom is -0.306 e. The van der Waals surface area contributed by atoms with Crippen molar-refractivity contribution >= 4 is 6.29 Å². The van der Waals surface area contributed by atoms with Gasteiger partial charge in [-0.25, -0.2) is 0 Å². The Morgan fingerprint density at radius 3 is 2.69 bits per heavy atom. The van der Waals surface area contributed by atoms with E-state index >= 15 is 0 Å². The molecule has 0 saturated heterocycles. The van der Waals surface area contributed by atoms with Gasteiger partial charge in [-0.05, 0) is 31.5 Å². The topological polar surface area (TPSA) is 20.3 Å². The maximum absolute atomic E-state index is 10.9. The highest BCUT2D eigenvalue weighted by Crippen LogP contribution is 2.13. The number of carbonyl (C=O) groups is 1. The van der Waals surface area contributed by atoms with E-state index in [4.69, 9.17) is 0 Å². The molecular weight excluding hydrogens is 198 g/mol. The van der Waals surface area contributed by atoms with Crippen molar-refractivity contribution in [2.75, 3.05) is 20.1 Å². The normalized spacial score (nSPS) is 12.8. The van der Waals surface area contributed by atoms with Gasteiger partial charge in [0.05, 0.1) is 0 Å². The summed E-state index contributed by atoms with van der Waals surface area (Å²) in [6.07, 6.45) is 1.92. The Morgan fingerprint density at radius 2 is 2.06 bits per heavy atom. The minimum absolute atomic E-state index is 0.575. The largest absolute Gasteiger partial charge is 0.306 e. The average Bonchev–Trinajstić information content (AvgIpc) is 2.29. The molecule has 0 radical (unpaired) electrons. The van der Waals surface area contributed by atoms with E-state index in [9.17, 15) is 4.79 Å². The van der Waals surface area contributed by atoms with Crippen LogP contribution in [0.3, 0.4) is 0 Å². The molecule has 0 saturated carbocycles. The van der Waals surface area contributed by atoms with E-state index in [1.807, 2.05) is 24.3 Å². The molecule has 0 N–H and O–H groups in total. The maximum Gasteiger partial charge on any atom is 0.150 e. The van der Waals surface area contributed by atoms with Gasteiger partial charge in [0.2, 0.25) is 0 Å². The molecule has 0 heterocycles. The predicted octanol–water partition coefficient (Wildman–Crippen LogP) is 2.63. The fourth-order valence-electron chi connectivity index (χ4n) is 1.94. The molecule has 1 aromatic rings. The highest BCUT2D eigenvalue weighted by atomic mass is 16.1. The Balaban J connectivity index is 2.61. The molecule has 0 amide bonds. The van der Waals surface area contributed by atoms with Gasteiger partial charge < -0.3 is 4.90 Å². The van der Waals surface area contributed by atoms with Crippen molar-refractivity contribution in [1.29, 1.82) is 0 Å². The highest BCUT2D eigenvalue weighted by molar-refractivity contribution is 5.77. The third-order valence-corrected chi connectivity index (χ3v) is 2.91. The second kappa shape index (κ2) is 6.44. The summed E-state index contributed by atoms with van der Waals surface area (Å²) >= 11 is 0. The Morgan fingerprint density at radius 1 is 1.38 bits per heavy atom. The van der Waals surface area contributed by atoms with Gasteiger partial charge in [0.1, 0.15) is 6.29 Å². The molecule has 1 aromatic carbocycles. The van der Waals surface area contributed by atoms with Crippen LogP contribution in [0, 0.1) is 5.92 Å². The Kier molecular flexibility index (Phi) is 5.20. The first-order valence-corrected chi connectivity index (χ1v) is 5.89. The van der Waals surface area contributed by atoms with Crippen molar-refractivity contribution in [3.63, 3.8) is 0 Å². The lowest BCUT2D eigenvalue weighted by atomic mass is 9.97. The second-order valence-electron chi connectivity index (χ2n) is 4.48. The van der Waals surface area contributed by atoms with E-state index in [1.165, 1.54) is 0 Å². The predicted molar refractivity (Wildman–Crippen MR) is 67.9 cm³/mol. The first kappa shape index (κ1) is 12.9. The fraction of sp³-hybridized carbons (Fsp3) is 0.500. The summed E-state index contributed by atoms with van der Waals surface area (Å²) in [5.41, 5.74) is 1.99. The molecule has 88 valence electrons. The van der Waals surface area contributed by atoms with Crippen molar-refractivity contribution in [2.45, 2.75) is 20.3 Å². The first-order valence-electron chi connectivity index (χ1n) is 5.89. The quantitative estimate of drug-likeness (QED) is 0.685. The van der Waals surface area contributed by atoms with Crippen LogP contribution in [0.5, 0.6) is 0 Å². The van der Waals surface area contributed by atoms with Gasteiger partial charge in [0, 0.05) is 12.1 Å². The van der Waals surface area contributed by atoms with E-state index in [0.29, 0.717) is 5.92 Å². The summed E-state index contributed by atoms with van der Waals surface area (Å²) in [5.74, 6) is 0.575. The van der Waals surface area contributed by atoms with Gasteiger partial charge in [0.15, 0.2) is 0 Å². The van der Waals surface area contributed by atoms with Gasteiger partial charge >= 0.3 is 0 Å². The standard InChI is InChI=1S/C14H21NO/c1-4-15(3)10-12(2)9-13-7-5-6-8-14(13)11-16/h5-8,11-12H,4,9-10H2,1-3H3. The molecule has 0 bridgehead atoms. The van der Waals surface area contributed by atoms with Crippen LogP contribution in [-0.2, 0) is 6.42 Å². The van der Waals surface area contributed by atoms with Crippen LogP contribution < -0.4 is 0 Å². The summed E-state index contributed by atoms with van der Waals surface area (Å²) in [7, 11) is 2.13. The molecule has 2 nitrogen and oxygen atoms in total. The SMILES string of the molecule is CCN(C)CC(C)Cc1ccccc1C=O. The summed E-state index contributed by atoms with van der Waals surface area (Å²) in [6, 6.07) is 7.85. The van der Waals surface area contributed by atoms with Gasteiger partial charge in [-0.3, -0.25) is 4.79 Å². The van der Waals surface area contributed by atoms with E-state index in [-0.39, 0.29) is 0 Å². The van der Waals surface area contributed by atoms with E-state index in [0.717, 1.165) is 36.9 Å². The highest BCUT2D eigenvalue weighted by Gasteiger charge is 2.08. The van der Waals surface area contributed by atoms with Crippen molar-refractivity contribution in [3.05, 3.63) is 35.4 Å². The van der Waals surface area contributed by atoms with E-state index < -0.39 is 0 Å². The molecule has 1 atom stereocenters. The van der Waals surface area contributed by atoms with Crippen LogP contribution in [0.25, 0.3) is 0 Å². The monoisotopic (exact) mass is 219 g/mol. The van der Waals surface area contributed by atoms with Crippen LogP contribution >= 0.6 is 0 Å². The third kappa shape index (κ3) is 3.78. The number of aldehydes is 1. The molecular formula is C14H21NO. The van der Waals surface area contributed by atoms with Crippen molar-refractivity contribution < 1.29 is 4.79 Å². The van der Waals surface area contributed by atoms with Crippen molar-refractivity contribution in [3.8, 4) is 0 Å². The maximum atomic E-state index is 10.9. The van der Waals surface area contributed by atoms with E-state index in [1.54, 1.807) is 0 Å². The molecule has 2 heteroatoms. The van der Waals surface area contributed by atoms with Crippen LogP contribution in [0.1, 0.15) is 29.8 Å². The molecule has 0 fully saturated rings. The lowest BCUT2D eigenvalue weighted by Gasteiger charge is -2.20. The number of hydrogen-bond donors (Lipinski definition) is 0. The lowest BCUT2D eigenvalue weighted by Crippen LogP contribution is -2.25. The average molecular weight is 219 g/mol. The second-order valence-corrected chi connectivity index (χ2v) is 4.48. The van der Waals surface area contributed by atoms with Crippen molar-refractivity contribution in [2.24, 2.45) is 5.92 Å². The number of benzene rings is 1. The number of nitrogens with zero attached hydrogens (tertiary/aromatic N) is 1. The number of rotatable bonds is 6. The Hall–Kier alpha value is -1.15. The van der Waals surface area contributed by atoms with Crippen LogP contribution in [0.15, 0.2) is 24.3 Å². The van der Waals surface area contributed by atoms with Crippen molar-refractivity contribution in [1.82, 2.24) is 4.90 Å². The third-order valence-electron chi connectivity index (χ3n) is 2.91. The van der Waals surface area contributed by atoms with Gasteiger partial charge in [-0.15, -0.1) is 0 Å². The molecule has 0 aliphatic heterocycles. The first-order chi connectivity index (χ1) is 7.67. The van der Waals surface area contributed by atoms with Gasteiger partial charge in [0.25, 0.3) is 0 Å². The van der Waals surface area contributed by atoms with Crippen LogP contribution in [-0.4, -0.2) is 31.3 Å². The minimum atomic E-state index is 0.575. The Labute approximate surface area is 98.3 Å². The molecule has 0 spiro atoms. The summed E-state index contributed by atoms with van der Waals surface area (Å²) < 4.78 is 0. The Bertz CT molecular complexity index is 335. The molecule has 1 unspecified atom stereocenters. The number of carbonyl (C=O) groups excluding carboxylic acids is 1. The molecule has 0 aromatic heterocycles. The smallest absolute Gasteiger partial charge is 0.150 e. The zero-order valence-electron chi connectivity index (χ0n) is 10.4. The van der Waals surface area contributed by atoms with Crippen LogP contribution in [0.4, 0.5) is 0 Å². The fourth-order valence-corrected chi connectivity index (χ4v) is 1.94. The summed E-state index contributed by atoms with van der Waals surface area (Å²) in [5, 5.41) is 0. The van der Waals surface area contributed by atoms with Crippen LogP contribution in [0.2, 0.25) is 0 Å². The summed E-state index contributed by atoms with van der Waals surface area (Å²) in [6.45, 7) is 6.53. The van der Waals surface area contributed by atoms with Gasteiger partial charge in [-0.1, -0.05) is 38.1 Å². The lowest BCUT2D eigenvalue weighted by molar-refractivity contribution is 0.112. The zero-order valence-corrected chi connectivity index (χ0v) is 10.4. The van der Waals surface area contributed by atoms with E-state index in [2.05, 4.69) is 25.8 Å². The zero-order chi connectivity index (χ0) is 12.0.